The molecule has 0 atom stereocenters. The van der Waals surface area contributed by atoms with Crippen molar-refractivity contribution in [1.29, 1.82) is 0 Å². The summed E-state index contributed by atoms with van der Waals surface area (Å²) < 4.78 is 88.2. The summed E-state index contributed by atoms with van der Waals surface area (Å²) in [4.78, 5) is -0.973. The minimum Gasteiger partial charge on any atom is -0.278 e. The van der Waals surface area contributed by atoms with E-state index in [1.807, 2.05) is 4.72 Å². The van der Waals surface area contributed by atoms with Gasteiger partial charge < -0.3 is 0 Å². The maximum absolute atomic E-state index is 12.6. The van der Waals surface area contributed by atoms with Gasteiger partial charge in [0.15, 0.2) is 9.84 Å². The molecule has 5 nitrogen and oxygen atoms in total. The Morgan fingerprint density at radius 3 is 2.00 bits per heavy atom. The molecule has 0 saturated heterocycles. The number of halogens is 4. The Balaban J connectivity index is 2.48. The molecule has 2 aromatic carbocycles. The zero-order valence-electron chi connectivity index (χ0n) is 12.5. The van der Waals surface area contributed by atoms with Gasteiger partial charge in [0.05, 0.1) is 21.2 Å². The first kappa shape index (κ1) is 19.5. The molecule has 0 amide bonds. The summed E-state index contributed by atoms with van der Waals surface area (Å²) in [5.74, 6) is 0. The Morgan fingerprint density at radius 2 is 1.52 bits per heavy atom. The number of hydrogen-bond acceptors (Lipinski definition) is 4. The highest BCUT2D eigenvalue weighted by Gasteiger charge is 2.31. The first-order valence-corrected chi connectivity index (χ1v) is 10.3. The van der Waals surface area contributed by atoms with Gasteiger partial charge in [-0.25, -0.2) is 16.8 Å². The van der Waals surface area contributed by atoms with Gasteiger partial charge in [0.1, 0.15) is 4.90 Å². The van der Waals surface area contributed by atoms with Crippen LogP contribution in [0.2, 0.25) is 5.02 Å². The van der Waals surface area contributed by atoms with Crippen molar-refractivity contribution in [3.05, 3.63) is 53.1 Å². The van der Waals surface area contributed by atoms with Crippen molar-refractivity contribution in [2.45, 2.75) is 16.0 Å². The van der Waals surface area contributed by atoms with Crippen LogP contribution in [0.3, 0.4) is 0 Å². The van der Waals surface area contributed by atoms with E-state index in [4.69, 9.17) is 11.6 Å². The Hall–Kier alpha value is -1.78. The molecule has 0 aliphatic rings. The van der Waals surface area contributed by atoms with E-state index in [2.05, 4.69) is 0 Å². The van der Waals surface area contributed by atoms with E-state index in [0.717, 1.165) is 24.5 Å². The van der Waals surface area contributed by atoms with Crippen LogP contribution in [0.4, 0.5) is 18.9 Å². The molecule has 0 saturated carbocycles. The first-order valence-electron chi connectivity index (χ1n) is 6.51. The van der Waals surface area contributed by atoms with Gasteiger partial charge in [0, 0.05) is 6.26 Å². The number of sulfonamides is 1. The van der Waals surface area contributed by atoms with Gasteiger partial charge in [-0.3, -0.25) is 4.72 Å². The predicted octanol–water partition coefficient (Wildman–Crippen LogP) is 3.56. The van der Waals surface area contributed by atoms with Gasteiger partial charge >= 0.3 is 6.18 Å². The van der Waals surface area contributed by atoms with E-state index >= 15 is 0 Å². The van der Waals surface area contributed by atoms with Crippen molar-refractivity contribution in [2.24, 2.45) is 0 Å². The quantitative estimate of drug-likeness (QED) is 0.831. The van der Waals surface area contributed by atoms with Crippen molar-refractivity contribution in [3.63, 3.8) is 0 Å². The fourth-order valence-electron chi connectivity index (χ4n) is 1.95. The van der Waals surface area contributed by atoms with E-state index in [9.17, 15) is 30.0 Å². The van der Waals surface area contributed by atoms with E-state index in [1.54, 1.807) is 0 Å². The monoisotopic (exact) mass is 413 g/mol. The molecule has 2 aromatic rings. The molecule has 25 heavy (non-hydrogen) atoms. The number of sulfone groups is 1. The molecule has 0 unspecified atom stereocenters. The molecule has 0 aromatic heterocycles. The van der Waals surface area contributed by atoms with Crippen molar-refractivity contribution >= 4 is 37.1 Å². The lowest BCUT2D eigenvalue weighted by Gasteiger charge is -2.14. The number of hydrogen-bond donors (Lipinski definition) is 1. The fraction of sp³-hybridized carbons (Fsp3) is 0.143. The van der Waals surface area contributed by atoms with Crippen LogP contribution < -0.4 is 4.72 Å². The molecule has 2 rings (SSSR count). The van der Waals surface area contributed by atoms with Gasteiger partial charge in [-0.15, -0.1) is 0 Å². The van der Waals surface area contributed by atoms with Crippen LogP contribution in [0, 0.1) is 0 Å². The maximum atomic E-state index is 12.6. The van der Waals surface area contributed by atoms with Gasteiger partial charge in [0.25, 0.3) is 10.0 Å². The molecule has 1 N–H and O–H groups in total. The summed E-state index contributed by atoms with van der Waals surface area (Å²) in [5.41, 5.74) is -1.35. The number of benzene rings is 2. The number of nitrogens with one attached hydrogen (secondary N) is 1. The Morgan fingerprint density at radius 1 is 0.960 bits per heavy atom. The molecular weight excluding hydrogens is 403 g/mol. The Kier molecular flexibility index (Phi) is 5.08. The van der Waals surface area contributed by atoms with Crippen LogP contribution in [-0.4, -0.2) is 23.1 Å². The summed E-state index contributed by atoms with van der Waals surface area (Å²) in [7, 11) is -8.24. The summed E-state index contributed by atoms with van der Waals surface area (Å²) in [5, 5.41) is -0.477. The fourth-order valence-corrected chi connectivity index (χ4v) is 4.95. The highest BCUT2D eigenvalue weighted by atomic mass is 35.5. The third-order valence-corrected chi connectivity index (χ3v) is 6.10. The van der Waals surface area contributed by atoms with Crippen LogP contribution in [0.1, 0.15) is 5.56 Å². The van der Waals surface area contributed by atoms with Crippen molar-refractivity contribution < 1.29 is 30.0 Å². The number of rotatable bonds is 4. The highest BCUT2D eigenvalue weighted by molar-refractivity contribution is 7.95. The Labute approximate surface area is 147 Å². The van der Waals surface area contributed by atoms with Crippen molar-refractivity contribution in [3.8, 4) is 0 Å². The predicted molar refractivity (Wildman–Crippen MR) is 86.8 cm³/mol. The normalized spacial score (nSPS) is 12.8. The molecular formula is C14H11ClF3NO4S2. The lowest BCUT2D eigenvalue weighted by molar-refractivity contribution is -0.137. The van der Waals surface area contributed by atoms with Gasteiger partial charge in [-0.2, -0.15) is 13.2 Å². The van der Waals surface area contributed by atoms with E-state index in [1.165, 1.54) is 12.1 Å². The summed E-state index contributed by atoms with van der Waals surface area (Å²) in [6.07, 6.45) is -3.80. The Bertz CT molecular complexity index is 1020. The van der Waals surface area contributed by atoms with Crippen LogP contribution in [-0.2, 0) is 26.0 Å². The molecule has 0 aliphatic carbocycles. The topological polar surface area (TPSA) is 80.3 Å². The molecule has 0 heterocycles. The van der Waals surface area contributed by atoms with Crippen LogP contribution in [0.5, 0.6) is 0 Å². The van der Waals surface area contributed by atoms with Crippen LogP contribution in [0.25, 0.3) is 0 Å². The smallest absolute Gasteiger partial charge is 0.278 e. The van der Waals surface area contributed by atoms with Gasteiger partial charge in [0.2, 0.25) is 0 Å². The van der Waals surface area contributed by atoms with Crippen LogP contribution in [0.15, 0.2) is 52.3 Å². The lowest BCUT2D eigenvalue weighted by atomic mass is 10.2. The van der Waals surface area contributed by atoms with E-state index in [-0.39, 0.29) is 5.69 Å². The molecule has 0 aliphatic heterocycles. The third kappa shape index (κ3) is 4.44. The first-order chi connectivity index (χ1) is 11.3. The van der Waals surface area contributed by atoms with E-state index < -0.39 is 46.4 Å². The molecule has 136 valence electrons. The summed E-state index contributed by atoms with van der Waals surface area (Å²) >= 11 is 5.71. The zero-order valence-corrected chi connectivity index (χ0v) is 14.9. The van der Waals surface area contributed by atoms with Crippen molar-refractivity contribution in [2.75, 3.05) is 11.0 Å². The summed E-state index contributed by atoms with van der Waals surface area (Å²) in [6, 6.07) is 6.92. The van der Waals surface area contributed by atoms with Crippen molar-refractivity contribution in [1.82, 2.24) is 0 Å². The molecule has 0 radical (unpaired) electrons. The minimum absolute atomic E-state index is 0.307. The number of alkyl halides is 3. The van der Waals surface area contributed by atoms with Gasteiger partial charge in [-0.1, -0.05) is 23.7 Å². The summed E-state index contributed by atoms with van der Waals surface area (Å²) in [6.45, 7) is 0. The molecule has 0 bridgehead atoms. The molecule has 11 heteroatoms. The van der Waals surface area contributed by atoms with Crippen LogP contribution >= 0.6 is 11.6 Å². The SMILES string of the molecule is CS(=O)(=O)c1ccccc1S(=O)(=O)Nc1ccc(C(F)(F)F)cc1Cl. The average molecular weight is 414 g/mol. The third-order valence-electron chi connectivity index (χ3n) is 3.08. The average Bonchev–Trinajstić information content (AvgIpc) is 2.47. The van der Waals surface area contributed by atoms with E-state index in [0.29, 0.717) is 12.1 Å². The standard InChI is InChI=1S/C14H11ClF3NO4S2/c1-24(20,21)12-4-2-3-5-13(12)25(22,23)19-11-7-6-9(8-10(11)15)14(16,17)18/h2-8,19H,1H3. The molecule has 0 spiro atoms. The number of anilines is 1. The largest absolute Gasteiger partial charge is 0.416 e. The van der Waals surface area contributed by atoms with Gasteiger partial charge in [-0.05, 0) is 30.3 Å². The second-order valence-electron chi connectivity index (χ2n) is 5.02. The highest BCUT2D eigenvalue weighted by Crippen LogP contribution is 2.34. The minimum atomic E-state index is -4.63. The second-order valence-corrected chi connectivity index (χ2v) is 9.06. The zero-order chi connectivity index (χ0) is 19.0. The molecule has 0 fully saturated rings. The second kappa shape index (κ2) is 6.50. The maximum Gasteiger partial charge on any atom is 0.416 e. The lowest BCUT2D eigenvalue weighted by Crippen LogP contribution is -2.17.